The van der Waals surface area contributed by atoms with Crippen molar-refractivity contribution in [3.63, 3.8) is 0 Å². The summed E-state index contributed by atoms with van der Waals surface area (Å²) in [5.74, 6) is 0. The Morgan fingerprint density at radius 1 is 1.00 bits per heavy atom. The number of benzene rings is 2. The second-order valence-electron chi connectivity index (χ2n) is 4.63. The molecule has 0 aromatic heterocycles. The van der Waals surface area contributed by atoms with E-state index in [-0.39, 0.29) is 0 Å². The molecule has 0 saturated heterocycles. The average Bonchev–Trinajstić information content (AvgIpc) is 2.46. The van der Waals surface area contributed by atoms with E-state index < -0.39 is 9.04 Å². The molecule has 2 aromatic carbocycles. The second kappa shape index (κ2) is 7.43. The number of fused-ring (bicyclic) bond motifs is 1. The van der Waals surface area contributed by atoms with Crippen LogP contribution < -0.4 is 5.19 Å². The molecule has 0 aliphatic carbocycles. The van der Waals surface area contributed by atoms with Gasteiger partial charge in [0.25, 0.3) is 0 Å². The first kappa shape index (κ1) is 14.3. The maximum Gasteiger partial charge on any atom is 0.205 e. The summed E-state index contributed by atoms with van der Waals surface area (Å²) in [5.41, 5.74) is 0. The third-order valence-corrected chi connectivity index (χ3v) is 5.38. The highest BCUT2D eigenvalue weighted by Gasteiger charge is 2.11. The molecule has 0 saturated carbocycles. The van der Waals surface area contributed by atoms with Gasteiger partial charge >= 0.3 is 0 Å². The van der Waals surface area contributed by atoms with Gasteiger partial charge in [-0.2, -0.15) is 0 Å². The molecule has 0 N–H and O–H groups in total. The van der Waals surface area contributed by atoms with Gasteiger partial charge in [-0.05, 0) is 35.9 Å². The van der Waals surface area contributed by atoms with E-state index in [1.165, 1.54) is 16.0 Å². The van der Waals surface area contributed by atoms with Gasteiger partial charge in [-0.1, -0.05) is 42.5 Å². The van der Waals surface area contributed by atoms with Crippen molar-refractivity contribution < 1.29 is 9.16 Å². The summed E-state index contributed by atoms with van der Waals surface area (Å²) >= 11 is 0. The van der Waals surface area contributed by atoms with Gasteiger partial charge in [0, 0.05) is 19.8 Å². The topological polar surface area (TPSA) is 18.5 Å². The summed E-state index contributed by atoms with van der Waals surface area (Å²) in [6.07, 6.45) is 0.982. The summed E-state index contributed by atoms with van der Waals surface area (Å²) in [4.78, 5) is 0. The second-order valence-corrected chi connectivity index (χ2v) is 6.87. The molecule has 0 amide bonds. The van der Waals surface area contributed by atoms with E-state index in [0.29, 0.717) is 0 Å². The molecule has 102 valence electrons. The Labute approximate surface area is 117 Å². The van der Waals surface area contributed by atoms with Crippen molar-refractivity contribution in [2.75, 3.05) is 19.8 Å². The lowest BCUT2D eigenvalue weighted by atomic mass is 10.1. The van der Waals surface area contributed by atoms with Crippen LogP contribution in [0.1, 0.15) is 13.3 Å². The van der Waals surface area contributed by atoms with Gasteiger partial charge in [-0.3, -0.25) is 0 Å². The highest BCUT2D eigenvalue weighted by molar-refractivity contribution is 6.68. The van der Waals surface area contributed by atoms with Crippen LogP contribution >= 0.6 is 0 Å². The van der Waals surface area contributed by atoms with Crippen molar-refractivity contribution in [2.45, 2.75) is 19.9 Å². The highest BCUT2D eigenvalue weighted by atomic mass is 28.3. The minimum atomic E-state index is -1.32. The maximum atomic E-state index is 6.04. The number of hydrogen-bond acceptors (Lipinski definition) is 2. The van der Waals surface area contributed by atoms with Crippen molar-refractivity contribution in [1.29, 1.82) is 0 Å². The Bertz CT molecular complexity index is 508. The maximum absolute atomic E-state index is 6.04. The SMILES string of the molecule is CCOCCCO[SiH](C)c1cccc2ccccc12. The van der Waals surface area contributed by atoms with Gasteiger partial charge < -0.3 is 9.16 Å². The number of hydrogen-bond donors (Lipinski definition) is 0. The molecule has 0 fully saturated rings. The van der Waals surface area contributed by atoms with Gasteiger partial charge in [0.1, 0.15) is 0 Å². The van der Waals surface area contributed by atoms with Crippen LogP contribution in [0.5, 0.6) is 0 Å². The van der Waals surface area contributed by atoms with E-state index >= 15 is 0 Å². The van der Waals surface area contributed by atoms with Crippen molar-refractivity contribution in [3.8, 4) is 0 Å². The van der Waals surface area contributed by atoms with Crippen molar-refractivity contribution in [2.24, 2.45) is 0 Å². The summed E-state index contributed by atoms with van der Waals surface area (Å²) < 4.78 is 11.4. The Hall–Kier alpha value is -1.16. The van der Waals surface area contributed by atoms with Crippen LogP contribution in [0.25, 0.3) is 10.8 Å². The van der Waals surface area contributed by atoms with E-state index in [2.05, 4.69) is 49.0 Å². The molecular weight excluding hydrogens is 252 g/mol. The summed E-state index contributed by atoms with van der Waals surface area (Å²) in [5, 5.41) is 4.04. The van der Waals surface area contributed by atoms with Crippen molar-refractivity contribution in [3.05, 3.63) is 42.5 Å². The lowest BCUT2D eigenvalue weighted by molar-refractivity contribution is 0.131. The molecule has 0 aliphatic heterocycles. The van der Waals surface area contributed by atoms with Gasteiger partial charge in [0.2, 0.25) is 9.04 Å². The summed E-state index contributed by atoms with van der Waals surface area (Å²) in [7, 11) is -1.32. The molecule has 0 aliphatic rings. The molecule has 3 heteroatoms. The fourth-order valence-electron chi connectivity index (χ4n) is 2.26. The van der Waals surface area contributed by atoms with Crippen LogP contribution in [-0.2, 0) is 9.16 Å². The average molecular weight is 274 g/mol. The first-order chi connectivity index (χ1) is 9.33. The molecule has 1 unspecified atom stereocenters. The van der Waals surface area contributed by atoms with E-state index in [4.69, 9.17) is 9.16 Å². The van der Waals surface area contributed by atoms with E-state index in [1.54, 1.807) is 0 Å². The largest absolute Gasteiger partial charge is 0.416 e. The lowest BCUT2D eigenvalue weighted by Gasteiger charge is -2.14. The Kier molecular flexibility index (Phi) is 5.57. The zero-order chi connectivity index (χ0) is 13.5. The third-order valence-electron chi connectivity index (χ3n) is 3.27. The smallest absolute Gasteiger partial charge is 0.205 e. The monoisotopic (exact) mass is 274 g/mol. The molecule has 1 atom stereocenters. The molecular formula is C16H22O2Si. The quantitative estimate of drug-likeness (QED) is 0.571. The Morgan fingerprint density at radius 3 is 2.63 bits per heavy atom. The zero-order valence-corrected chi connectivity index (χ0v) is 12.9. The predicted octanol–water partition coefficient (Wildman–Crippen LogP) is 2.84. The van der Waals surface area contributed by atoms with Crippen LogP contribution in [0.4, 0.5) is 0 Å². The van der Waals surface area contributed by atoms with Gasteiger partial charge in [-0.15, -0.1) is 0 Å². The fraction of sp³-hybridized carbons (Fsp3) is 0.375. The van der Waals surface area contributed by atoms with E-state index in [0.717, 1.165) is 26.2 Å². The van der Waals surface area contributed by atoms with Crippen LogP contribution in [0.15, 0.2) is 42.5 Å². The van der Waals surface area contributed by atoms with Crippen LogP contribution in [0, 0.1) is 0 Å². The summed E-state index contributed by atoms with van der Waals surface area (Å²) in [6.45, 7) is 6.66. The van der Waals surface area contributed by atoms with Crippen LogP contribution in [0.3, 0.4) is 0 Å². The molecule has 0 spiro atoms. The molecule has 2 nitrogen and oxygen atoms in total. The Balaban J connectivity index is 1.99. The first-order valence-corrected chi connectivity index (χ1v) is 9.20. The lowest BCUT2D eigenvalue weighted by Crippen LogP contribution is -2.31. The zero-order valence-electron chi connectivity index (χ0n) is 11.8. The van der Waals surface area contributed by atoms with Gasteiger partial charge in [-0.25, -0.2) is 0 Å². The minimum Gasteiger partial charge on any atom is -0.416 e. The molecule has 0 heterocycles. The van der Waals surface area contributed by atoms with Gasteiger partial charge in [0.05, 0.1) is 0 Å². The fourth-order valence-corrected chi connectivity index (χ4v) is 4.04. The minimum absolute atomic E-state index is 0.788. The normalized spacial score (nSPS) is 12.7. The Morgan fingerprint density at radius 2 is 1.79 bits per heavy atom. The van der Waals surface area contributed by atoms with Crippen molar-refractivity contribution >= 4 is 25.0 Å². The molecule has 0 bridgehead atoms. The number of rotatable bonds is 7. The van der Waals surface area contributed by atoms with E-state index in [9.17, 15) is 0 Å². The van der Waals surface area contributed by atoms with Crippen LogP contribution in [0.2, 0.25) is 6.55 Å². The molecule has 19 heavy (non-hydrogen) atoms. The molecule has 2 aromatic rings. The van der Waals surface area contributed by atoms with Crippen molar-refractivity contribution in [1.82, 2.24) is 0 Å². The predicted molar refractivity (Wildman–Crippen MR) is 83.7 cm³/mol. The first-order valence-electron chi connectivity index (χ1n) is 7.00. The summed E-state index contributed by atoms with van der Waals surface area (Å²) in [6, 6.07) is 15.0. The highest BCUT2D eigenvalue weighted by Crippen LogP contribution is 2.12. The third kappa shape index (κ3) is 3.90. The van der Waals surface area contributed by atoms with E-state index in [1.807, 2.05) is 6.92 Å². The molecule has 0 radical (unpaired) electrons. The standard InChI is InChI=1S/C16H22O2Si/c1-3-17-12-7-13-18-19(2)16-11-6-9-14-8-4-5-10-15(14)16/h4-6,8-11,19H,3,7,12-13H2,1-2H3. The van der Waals surface area contributed by atoms with Gasteiger partial charge in [0.15, 0.2) is 0 Å². The molecule has 2 rings (SSSR count). The van der Waals surface area contributed by atoms with Crippen LogP contribution in [-0.4, -0.2) is 28.9 Å². The number of ether oxygens (including phenoxy) is 1.